The van der Waals surface area contributed by atoms with Gasteiger partial charge in [0.15, 0.2) is 0 Å². The van der Waals surface area contributed by atoms with E-state index in [0.29, 0.717) is 28.6 Å². The number of nitrogens with zero attached hydrogens (tertiary/aromatic N) is 1. The average Bonchev–Trinajstić information content (AvgIpc) is 3.47. The Hall–Kier alpha value is -2.62. The summed E-state index contributed by atoms with van der Waals surface area (Å²) < 4.78 is 39.4. The van der Waals surface area contributed by atoms with Gasteiger partial charge >= 0.3 is 6.18 Å². The number of hydrogen-bond acceptors (Lipinski definition) is 5. The highest BCUT2D eigenvalue weighted by molar-refractivity contribution is 7.14. The zero-order valence-electron chi connectivity index (χ0n) is 21.1. The van der Waals surface area contributed by atoms with Crippen LogP contribution in [0.2, 0.25) is 0 Å². The molecule has 6 rings (SSSR count). The normalized spacial score (nSPS) is 24.5. The third-order valence-corrected chi connectivity index (χ3v) is 9.42. The van der Waals surface area contributed by atoms with E-state index in [9.17, 15) is 22.8 Å². The van der Waals surface area contributed by atoms with Crippen LogP contribution in [-0.4, -0.2) is 28.4 Å². The first-order valence-corrected chi connectivity index (χ1v) is 13.9. The molecule has 0 spiro atoms. The summed E-state index contributed by atoms with van der Waals surface area (Å²) in [5, 5.41) is 9.30. The second-order valence-electron chi connectivity index (χ2n) is 11.1. The molecule has 4 aliphatic carbocycles. The van der Waals surface area contributed by atoms with E-state index in [1.54, 1.807) is 19.1 Å². The number of rotatable bonds is 9. The molecular weight excluding hydrogens is 501 g/mol. The molecule has 37 heavy (non-hydrogen) atoms. The zero-order valence-corrected chi connectivity index (χ0v) is 21.9. The van der Waals surface area contributed by atoms with Crippen LogP contribution < -0.4 is 16.0 Å². The van der Waals surface area contributed by atoms with E-state index in [4.69, 9.17) is 0 Å². The van der Waals surface area contributed by atoms with Gasteiger partial charge in [-0.2, -0.15) is 13.2 Å². The highest BCUT2D eigenvalue weighted by atomic mass is 32.1. The number of hydrogen-bond donors (Lipinski definition) is 3. The standard InChI is InChI=1S/C27H33F3N4O2S/c1-15-20(10-19(14-31-15)27(28,29)30)32-16(2)22-7-8-23(37-22)25(36)33-21(9-17-5-3-4-6-17)24(35)34-26-11-18(12-26)13-26/h7-8,10,14,16-18,21,32H,3-6,9,11-13H2,1-2H3,(H,33,36)(H,34,35)/t16-,18?,21+,26?/m1/s1. The lowest BCUT2D eigenvalue weighted by atomic mass is 9.50. The topological polar surface area (TPSA) is 83.1 Å². The third kappa shape index (κ3) is 5.63. The van der Waals surface area contributed by atoms with Crippen molar-refractivity contribution in [1.82, 2.24) is 15.6 Å². The summed E-state index contributed by atoms with van der Waals surface area (Å²) in [6, 6.07) is 3.65. The average molecular weight is 535 g/mol. The molecule has 3 N–H and O–H groups in total. The molecule has 2 aromatic rings. The smallest absolute Gasteiger partial charge is 0.376 e. The van der Waals surface area contributed by atoms with Crippen LogP contribution in [0.3, 0.4) is 0 Å². The van der Waals surface area contributed by atoms with Crippen molar-refractivity contribution in [3.63, 3.8) is 0 Å². The van der Waals surface area contributed by atoms with Gasteiger partial charge in [0.1, 0.15) is 6.04 Å². The number of aryl methyl sites for hydroxylation is 1. The van der Waals surface area contributed by atoms with Gasteiger partial charge in [0.25, 0.3) is 5.91 Å². The second kappa shape index (κ2) is 9.93. The number of thiophene rings is 1. The maximum atomic E-state index is 13.2. The Labute approximate surface area is 218 Å². The minimum Gasteiger partial charge on any atom is -0.376 e. The molecule has 2 atom stereocenters. The van der Waals surface area contributed by atoms with Crippen molar-refractivity contribution in [3.05, 3.63) is 45.4 Å². The van der Waals surface area contributed by atoms with Gasteiger partial charge in [-0.15, -0.1) is 11.3 Å². The SMILES string of the molecule is Cc1ncc(C(F)(F)F)cc1N[C@H](C)c1ccc(C(=O)N[C@@H](CC2CCCC2)C(=O)NC23CC(C2)C3)s1. The summed E-state index contributed by atoms with van der Waals surface area (Å²) in [4.78, 5) is 31.5. The number of pyridine rings is 1. The van der Waals surface area contributed by atoms with Crippen LogP contribution in [0.5, 0.6) is 0 Å². The van der Waals surface area contributed by atoms with Crippen LogP contribution in [0.4, 0.5) is 18.9 Å². The Morgan fingerprint density at radius 2 is 1.89 bits per heavy atom. The molecule has 2 bridgehead atoms. The van der Waals surface area contributed by atoms with Gasteiger partial charge in [0.2, 0.25) is 5.91 Å². The highest BCUT2D eigenvalue weighted by Gasteiger charge is 2.57. The molecule has 6 nitrogen and oxygen atoms in total. The number of nitrogens with one attached hydrogen (secondary N) is 3. The minimum absolute atomic E-state index is 0.0476. The molecule has 0 radical (unpaired) electrons. The van der Waals surface area contributed by atoms with E-state index >= 15 is 0 Å². The summed E-state index contributed by atoms with van der Waals surface area (Å²) in [7, 11) is 0. The molecule has 200 valence electrons. The van der Waals surface area contributed by atoms with Crippen molar-refractivity contribution < 1.29 is 22.8 Å². The molecule has 2 amide bonds. The van der Waals surface area contributed by atoms with Crippen molar-refractivity contribution in [2.24, 2.45) is 11.8 Å². The Kier molecular flexibility index (Phi) is 6.98. The molecule has 2 aromatic heterocycles. The molecule has 2 heterocycles. The summed E-state index contributed by atoms with van der Waals surface area (Å²) in [6.45, 7) is 3.47. The van der Waals surface area contributed by atoms with E-state index < -0.39 is 17.8 Å². The number of amides is 2. The van der Waals surface area contributed by atoms with Gasteiger partial charge in [0.05, 0.1) is 27.9 Å². The fraction of sp³-hybridized carbons (Fsp3) is 0.593. The molecule has 0 unspecified atom stereocenters. The Morgan fingerprint density at radius 1 is 1.19 bits per heavy atom. The maximum Gasteiger partial charge on any atom is 0.417 e. The highest BCUT2D eigenvalue weighted by Crippen LogP contribution is 2.57. The number of carbonyl (C=O) groups excluding carboxylic acids is 2. The van der Waals surface area contributed by atoms with Crippen molar-refractivity contribution in [2.45, 2.75) is 89.0 Å². The predicted octanol–water partition coefficient (Wildman–Crippen LogP) is 5.99. The summed E-state index contributed by atoms with van der Waals surface area (Å²) in [5.74, 6) is 0.809. The summed E-state index contributed by atoms with van der Waals surface area (Å²) in [5.41, 5.74) is -0.111. The fourth-order valence-electron chi connectivity index (χ4n) is 5.87. The number of alkyl halides is 3. The Morgan fingerprint density at radius 3 is 2.51 bits per heavy atom. The molecule has 4 fully saturated rings. The summed E-state index contributed by atoms with van der Waals surface area (Å²) in [6.07, 6.45) is 4.63. The van der Waals surface area contributed by atoms with E-state index in [2.05, 4.69) is 20.9 Å². The van der Waals surface area contributed by atoms with Crippen LogP contribution in [-0.2, 0) is 11.0 Å². The lowest BCUT2D eigenvalue weighted by Gasteiger charge is -2.62. The quantitative estimate of drug-likeness (QED) is 0.369. The molecule has 4 aliphatic rings. The molecule has 0 saturated heterocycles. The van der Waals surface area contributed by atoms with Crippen LogP contribution in [0.15, 0.2) is 24.4 Å². The second-order valence-corrected chi connectivity index (χ2v) is 12.2. The number of anilines is 1. The van der Waals surface area contributed by atoms with Crippen molar-refractivity contribution in [3.8, 4) is 0 Å². The van der Waals surface area contributed by atoms with Gasteiger partial charge in [-0.1, -0.05) is 25.7 Å². The fourth-order valence-corrected chi connectivity index (χ4v) is 6.78. The first-order chi connectivity index (χ1) is 17.5. The number of carbonyl (C=O) groups is 2. The van der Waals surface area contributed by atoms with Crippen LogP contribution in [0.25, 0.3) is 0 Å². The Bertz CT molecular complexity index is 1160. The molecule has 0 aromatic carbocycles. The summed E-state index contributed by atoms with van der Waals surface area (Å²) >= 11 is 1.27. The van der Waals surface area contributed by atoms with Crippen LogP contribution in [0, 0.1) is 18.8 Å². The molecule has 4 saturated carbocycles. The van der Waals surface area contributed by atoms with Crippen molar-refractivity contribution in [1.29, 1.82) is 0 Å². The van der Waals surface area contributed by atoms with Crippen molar-refractivity contribution in [2.75, 3.05) is 5.32 Å². The van der Waals surface area contributed by atoms with Gasteiger partial charge in [-0.3, -0.25) is 14.6 Å². The third-order valence-electron chi connectivity index (χ3n) is 8.16. The monoisotopic (exact) mass is 534 g/mol. The first-order valence-electron chi connectivity index (χ1n) is 13.0. The van der Waals surface area contributed by atoms with E-state index in [-0.39, 0.29) is 23.4 Å². The zero-order chi connectivity index (χ0) is 26.4. The van der Waals surface area contributed by atoms with Gasteiger partial charge in [0, 0.05) is 16.6 Å². The van der Waals surface area contributed by atoms with Crippen LogP contribution in [0.1, 0.15) is 90.1 Å². The maximum absolute atomic E-state index is 13.2. The van der Waals surface area contributed by atoms with E-state index in [1.165, 1.54) is 24.2 Å². The van der Waals surface area contributed by atoms with Crippen molar-refractivity contribution >= 4 is 28.8 Å². The molecular formula is C27H33F3N4O2S. The lowest BCUT2D eigenvalue weighted by Crippen LogP contribution is -2.70. The lowest BCUT2D eigenvalue weighted by molar-refractivity contribution is -0.138. The van der Waals surface area contributed by atoms with E-state index in [0.717, 1.165) is 55.2 Å². The number of aromatic nitrogens is 1. The largest absolute Gasteiger partial charge is 0.417 e. The first kappa shape index (κ1) is 26.0. The molecule has 0 aliphatic heterocycles. The Balaban J connectivity index is 1.24. The van der Waals surface area contributed by atoms with E-state index in [1.807, 2.05) is 6.92 Å². The number of halogens is 3. The predicted molar refractivity (Wildman–Crippen MR) is 136 cm³/mol. The van der Waals surface area contributed by atoms with Crippen LogP contribution >= 0.6 is 11.3 Å². The molecule has 10 heteroatoms. The van der Waals surface area contributed by atoms with Gasteiger partial charge in [-0.25, -0.2) is 0 Å². The van der Waals surface area contributed by atoms with Gasteiger partial charge in [-0.05, 0) is 69.6 Å². The van der Waals surface area contributed by atoms with Gasteiger partial charge < -0.3 is 16.0 Å². The minimum atomic E-state index is -4.48.